The number of carboxylic acids is 1. The molecule has 0 unspecified atom stereocenters. The Kier molecular flexibility index (Phi) is 3.41. The van der Waals surface area contributed by atoms with Gasteiger partial charge in [-0.15, -0.1) is 0 Å². The third-order valence-corrected chi connectivity index (χ3v) is 4.08. The third-order valence-electron chi connectivity index (χ3n) is 3.75. The minimum absolute atomic E-state index is 0.0499. The zero-order valence-corrected chi connectivity index (χ0v) is 12.1. The molecule has 0 bridgehead atoms. The van der Waals surface area contributed by atoms with Gasteiger partial charge in [0.2, 0.25) is 0 Å². The summed E-state index contributed by atoms with van der Waals surface area (Å²) in [6.45, 7) is 7.78. The normalized spacial score (nSPS) is 20.6. The molecule has 1 heterocycles. The number of halogens is 1. The van der Waals surface area contributed by atoms with Crippen LogP contribution in [-0.4, -0.2) is 29.4 Å². The van der Waals surface area contributed by atoms with Crippen molar-refractivity contribution in [3.63, 3.8) is 0 Å². The van der Waals surface area contributed by atoms with Crippen LogP contribution in [0, 0.1) is 0 Å². The first-order chi connectivity index (χ1) is 8.64. The van der Waals surface area contributed by atoms with E-state index in [2.05, 4.69) is 0 Å². The van der Waals surface area contributed by atoms with Crippen LogP contribution in [0.15, 0.2) is 18.2 Å². The molecule has 1 N–H and O–H groups in total. The van der Waals surface area contributed by atoms with E-state index in [1.54, 1.807) is 12.1 Å². The fourth-order valence-electron chi connectivity index (χ4n) is 1.83. The van der Waals surface area contributed by atoms with Gasteiger partial charge < -0.3 is 14.4 Å². The van der Waals surface area contributed by atoms with E-state index >= 15 is 0 Å². The fourth-order valence-corrected chi connectivity index (χ4v) is 2.03. The molecular weight excluding hydrogens is 266 g/mol. The van der Waals surface area contributed by atoms with E-state index in [-0.39, 0.29) is 10.6 Å². The Labute approximate surface area is 117 Å². The number of benzene rings is 1. The minimum atomic E-state index is -1.07. The average molecular weight is 283 g/mol. The molecule has 0 atom stereocenters. The number of aromatic carboxylic acids is 1. The molecule has 102 valence electrons. The second kappa shape index (κ2) is 4.51. The molecule has 0 radical (unpaired) electrons. The van der Waals surface area contributed by atoms with E-state index in [1.165, 1.54) is 6.07 Å². The van der Waals surface area contributed by atoms with Crippen molar-refractivity contribution in [2.24, 2.45) is 0 Å². The van der Waals surface area contributed by atoms with Gasteiger partial charge in [-0.1, -0.05) is 17.7 Å². The molecule has 4 nitrogen and oxygen atoms in total. The lowest BCUT2D eigenvalue weighted by atomic mass is 9.78. The van der Waals surface area contributed by atoms with Crippen LogP contribution < -0.4 is 5.46 Å². The zero-order chi connectivity index (χ0) is 14.4. The molecule has 1 aliphatic rings. The number of carbonyl (C=O) groups is 1. The molecule has 0 aliphatic carbocycles. The molecule has 1 aromatic carbocycles. The van der Waals surface area contributed by atoms with E-state index in [9.17, 15) is 4.79 Å². The van der Waals surface area contributed by atoms with Gasteiger partial charge in [0.05, 0.1) is 21.8 Å². The van der Waals surface area contributed by atoms with Gasteiger partial charge in [-0.25, -0.2) is 4.79 Å². The van der Waals surface area contributed by atoms with Crippen molar-refractivity contribution in [1.82, 2.24) is 0 Å². The van der Waals surface area contributed by atoms with Gasteiger partial charge >= 0.3 is 13.1 Å². The van der Waals surface area contributed by atoms with Crippen LogP contribution >= 0.6 is 11.6 Å². The molecule has 19 heavy (non-hydrogen) atoms. The maximum atomic E-state index is 11.1. The van der Waals surface area contributed by atoms with Crippen LogP contribution in [0.3, 0.4) is 0 Å². The van der Waals surface area contributed by atoms with Gasteiger partial charge in [-0.2, -0.15) is 0 Å². The Morgan fingerprint density at radius 3 is 2.21 bits per heavy atom. The van der Waals surface area contributed by atoms with Gasteiger partial charge in [0, 0.05) is 0 Å². The first kappa shape index (κ1) is 14.4. The van der Waals surface area contributed by atoms with E-state index in [0.29, 0.717) is 5.46 Å². The highest BCUT2D eigenvalue weighted by Crippen LogP contribution is 2.36. The number of hydrogen-bond acceptors (Lipinski definition) is 3. The molecule has 0 saturated carbocycles. The Balaban J connectivity index is 2.35. The Bertz CT molecular complexity index is 511. The summed E-state index contributed by atoms with van der Waals surface area (Å²) in [5.41, 5.74) is -0.212. The monoisotopic (exact) mass is 282 g/mol. The van der Waals surface area contributed by atoms with E-state index in [1.807, 2.05) is 27.7 Å². The summed E-state index contributed by atoms with van der Waals surface area (Å²) in [6.07, 6.45) is 0. The molecular formula is C13H16BClO4. The zero-order valence-electron chi connectivity index (χ0n) is 11.4. The highest BCUT2D eigenvalue weighted by molar-refractivity contribution is 6.62. The van der Waals surface area contributed by atoms with Crippen LogP contribution in [0.4, 0.5) is 0 Å². The summed E-state index contributed by atoms with van der Waals surface area (Å²) in [4.78, 5) is 11.1. The maximum Gasteiger partial charge on any atom is 0.494 e. The topological polar surface area (TPSA) is 55.8 Å². The van der Waals surface area contributed by atoms with Crippen molar-refractivity contribution in [3.8, 4) is 0 Å². The van der Waals surface area contributed by atoms with Gasteiger partial charge in [0.15, 0.2) is 0 Å². The Morgan fingerprint density at radius 2 is 1.74 bits per heavy atom. The maximum absolute atomic E-state index is 11.1. The molecule has 1 fully saturated rings. The lowest BCUT2D eigenvalue weighted by Gasteiger charge is -2.32. The highest BCUT2D eigenvalue weighted by Gasteiger charge is 2.51. The standard InChI is InChI=1S/C13H16BClO4/c1-12(2)13(3,4)19-14(18-12)8-5-6-10(15)9(7-8)11(16)17/h5-7H,1-4H3,(H,16,17). The van der Waals surface area contributed by atoms with Crippen LogP contribution in [0.2, 0.25) is 5.02 Å². The Hall–Kier alpha value is -1.04. The van der Waals surface area contributed by atoms with E-state index in [0.717, 1.165) is 0 Å². The van der Waals surface area contributed by atoms with Crippen molar-refractivity contribution < 1.29 is 19.2 Å². The van der Waals surface area contributed by atoms with E-state index < -0.39 is 24.3 Å². The van der Waals surface area contributed by atoms with Gasteiger partial charge in [-0.3, -0.25) is 0 Å². The third kappa shape index (κ3) is 2.50. The number of hydrogen-bond donors (Lipinski definition) is 1. The molecule has 1 saturated heterocycles. The second-order valence-corrected chi connectivity index (χ2v) is 6.04. The van der Waals surface area contributed by atoms with Gasteiger partial charge in [0.25, 0.3) is 0 Å². The molecule has 1 aromatic rings. The summed E-state index contributed by atoms with van der Waals surface area (Å²) >= 11 is 5.85. The molecule has 6 heteroatoms. The van der Waals surface area contributed by atoms with Crippen LogP contribution in [0.1, 0.15) is 38.1 Å². The predicted molar refractivity (Wildman–Crippen MR) is 74.1 cm³/mol. The lowest BCUT2D eigenvalue weighted by molar-refractivity contribution is 0.00578. The molecule has 1 aliphatic heterocycles. The van der Waals surface area contributed by atoms with Crippen molar-refractivity contribution in [1.29, 1.82) is 0 Å². The quantitative estimate of drug-likeness (QED) is 0.846. The predicted octanol–water partition coefficient (Wildman–Crippen LogP) is 2.34. The van der Waals surface area contributed by atoms with Crippen LogP contribution in [0.25, 0.3) is 0 Å². The largest absolute Gasteiger partial charge is 0.494 e. The second-order valence-electron chi connectivity index (χ2n) is 5.63. The van der Waals surface area contributed by atoms with Gasteiger partial charge in [0.1, 0.15) is 0 Å². The molecule has 2 rings (SSSR count). The lowest BCUT2D eigenvalue weighted by Crippen LogP contribution is -2.41. The number of carboxylic acid groups (broad SMARTS) is 1. The van der Waals surface area contributed by atoms with Crippen molar-refractivity contribution in [2.45, 2.75) is 38.9 Å². The van der Waals surface area contributed by atoms with Crippen molar-refractivity contribution >= 4 is 30.2 Å². The summed E-state index contributed by atoms with van der Waals surface area (Å²) in [5, 5.41) is 9.27. The molecule has 0 spiro atoms. The molecule has 0 aromatic heterocycles. The first-order valence-corrected chi connectivity index (χ1v) is 6.40. The Morgan fingerprint density at radius 1 is 1.21 bits per heavy atom. The summed E-state index contributed by atoms with van der Waals surface area (Å²) in [5.74, 6) is -1.07. The highest BCUT2D eigenvalue weighted by atomic mass is 35.5. The summed E-state index contributed by atoms with van der Waals surface area (Å²) in [6, 6.07) is 4.76. The summed E-state index contributed by atoms with van der Waals surface area (Å²) < 4.78 is 11.7. The molecule has 0 amide bonds. The van der Waals surface area contributed by atoms with Gasteiger partial charge in [-0.05, 0) is 45.3 Å². The fraction of sp³-hybridized carbons (Fsp3) is 0.462. The minimum Gasteiger partial charge on any atom is -0.478 e. The number of rotatable bonds is 2. The van der Waals surface area contributed by atoms with Crippen LogP contribution in [-0.2, 0) is 9.31 Å². The SMILES string of the molecule is CC1(C)OB(c2ccc(Cl)c(C(=O)O)c2)OC1(C)C. The van der Waals surface area contributed by atoms with E-state index in [4.69, 9.17) is 26.0 Å². The van der Waals surface area contributed by atoms with Crippen molar-refractivity contribution in [2.75, 3.05) is 0 Å². The van der Waals surface area contributed by atoms with Crippen LogP contribution in [0.5, 0.6) is 0 Å². The smallest absolute Gasteiger partial charge is 0.478 e. The summed E-state index contributed by atoms with van der Waals surface area (Å²) in [7, 11) is -0.583. The average Bonchev–Trinajstić information content (AvgIpc) is 2.48. The first-order valence-electron chi connectivity index (χ1n) is 6.02. The van der Waals surface area contributed by atoms with Crippen molar-refractivity contribution in [3.05, 3.63) is 28.8 Å².